The Balaban J connectivity index is 1.56. The van der Waals surface area contributed by atoms with Crippen LogP contribution < -0.4 is 4.74 Å². The van der Waals surface area contributed by atoms with Crippen molar-refractivity contribution in [1.82, 2.24) is 9.97 Å². The fourth-order valence-electron chi connectivity index (χ4n) is 3.34. The zero-order valence-corrected chi connectivity index (χ0v) is 16.4. The van der Waals surface area contributed by atoms with Crippen LogP contribution in [0.4, 0.5) is 4.39 Å². The fourth-order valence-corrected chi connectivity index (χ4v) is 3.34. The number of hydrogen-bond donors (Lipinski definition) is 1. The molecule has 5 heteroatoms. The first-order valence-corrected chi connectivity index (χ1v) is 9.76. The summed E-state index contributed by atoms with van der Waals surface area (Å²) in [4.78, 5) is 9.65. The molecule has 1 aromatic heterocycles. The van der Waals surface area contributed by atoms with Gasteiger partial charge in [-0.15, -0.1) is 0 Å². The van der Waals surface area contributed by atoms with Gasteiger partial charge in [-0.2, -0.15) is 0 Å². The number of para-hydroxylation sites is 2. The van der Waals surface area contributed by atoms with Gasteiger partial charge in [-0.25, -0.2) is 14.4 Å². The average molecular weight is 408 g/mol. The van der Waals surface area contributed by atoms with E-state index in [9.17, 15) is 9.50 Å². The maximum Gasteiger partial charge on any atom is 0.127 e. The lowest BCUT2D eigenvalue weighted by atomic mass is 10.0. The molecule has 4 nitrogen and oxygen atoms in total. The smallest absolute Gasteiger partial charge is 0.127 e. The number of hydrogen-bond acceptors (Lipinski definition) is 4. The number of halogens is 1. The number of aromatic hydroxyl groups is 1. The van der Waals surface area contributed by atoms with Crippen molar-refractivity contribution in [2.45, 2.75) is 0 Å². The molecule has 4 aromatic carbocycles. The van der Waals surface area contributed by atoms with Crippen molar-refractivity contribution in [2.75, 3.05) is 0 Å². The minimum Gasteiger partial charge on any atom is -0.508 e. The summed E-state index contributed by atoms with van der Waals surface area (Å²) in [6.07, 6.45) is 0. The third-order valence-electron chi connectivity index (χ3n) is 4.89. The van der Waals surface area contributed by atoms with E-state index in [4.69, 9.17) is 14.7 Å². The lowest BCUT2D eigenvalue weighted by Crippen LogP contribution is -1.95. The summed E-state index contributed by atoms with van der Waals surface area (Å²) in [5.41, 5.74) is 4.62. The molecule has 0 spiro atoms. The number of nitrogens with zero attached hydrogens (tertiary/aromatic N) is 2. The fraction of sp³-hybridized carbons (Fsp3) is 0. The topological polar surface area (TPSA) is 55.2 Å². The third-order valence-corrected chi connectivity index (χ3v) is 4.89. The van der Waals surface area contributed by atoms with Crippen molar-refractivity contribution < 1.29 is 14.2 Å². The van der Waals surface area contributed by atoms with E-state index >= 15 is 0 Å². The van der Waals surface area contributed by atoms with Crippen molar-refractivity contribution in [3.8, 4) is 39.8 Å². The van der Waals surface area contributed by atoms with E-state index in [-0.39, 0.29) is 11.6 Å². The molecule has 0 aliphatic carbocycles. The van der Waals surface area contributed by atoms with Crippen LogP contribution in [-0.2, 0) is 0 Å². The maximum atomic E-state index is 13.5. The Labute approximate surface area is 178 Å². The number of ether oxygens (including phenoxy) is 1. The third kappa shape index (κ3) is 3.94. The quantitative estimate of drug-likeness (QED) is 0.364. The predicted molar refractivity (Wildman–Crippen MR) is 119 cm³/mol. The predicted octanol–water partition coefficient (Wildman–Crippen LogP) is 6.60. The molecule has 0 radical (unpaired) electrons. The second-order valence-electron chi connectivity index (χ2n) is 7.04. The molecule has 1 N–H and O–H groups in total. The van der Waals surface area contributed by atoms with Gasteiger partial charge < -0.3 is 9.84 Å². The number of rotatable bonds is 4. The highest BCUT2D eigenvalue weighted by Gasteiger charge is 2.13. The SMILES string of the molecule is Oc1ccc(Oc2ccc(-c3nc4ccccc4nc3-c3ccc(F)cc3)cc2)cc1. The molecule has 150 valence electrons. The minimum atomic E-state index is -0.296. The van der Waals surface area contributed by atoms with Gasteiger partial charge in [0.25, 0.3) is 0 Å². The van der Waals surface area contributed by atoms with Crippen LogP contribution in [0.15, 0.2) is 97.1 Å². The summed E-state index contributed by atoms with van der Waals surface area (Å²) in [5.74, 6) is 1.18. The highest BCUT2D eigenvalue weighted by atomic mass is 19.1. The Kier molecular flexibility index (Phi) is 4.77. The van der Waals surface area contributed by atoms with Gasteiger partial charge in [0.1, 0.15) is 23.1 Å². The van der Waals surface area contributed by atoms with Crippen LogP contribution in [0.1, 0.15) is 0 Å². The summed E-state index contributed by atoms with van der Waals surface area (Å²) >= 11 is 0. The normalized spacial score (nSPS) is 10.9. The molecule has 31 heavy (non-hydrogen) atoms. The number of aromatic nitrogens is 2. The van der Waals surface area contributed by atoms with Gasteiger partial charge in [-0.3, -0.25) is 0 Å². The van der Waals surface area contributed by atoms with Crippen LogP contribution in [0.25, 0.3) is 33.5 Å². The number of benzene rings is 4. The van der Waals surface area contributed by atoms with Crippen molar-refractivity contribution in [1.29, 1.82) is 0 Å². The van der Waals surface area contributed by atoms with E-state index in [2.05, 4.69) is 0 Å². The summed E-state index contributed by atoms with van der Waals surface area (Å²) in [7, 11) is 0. The zero-order chi connectivity index (χ0) is 21.2. The van der Waals surface area contributed by atoms with Crippen LogP contribution in [0.5, 0.6) is 17.2 Å². The van der Waals surface area contributed by atoms with E-state index < -0.39 is 0 Å². The van der Waals surface area contributed by atoms with E-state index in [0.717, 1.165) is 22.2 Å². The maximum absolute atomic E-state index is 13.5. The Morgan fingerprint density at radius 2 is 1.03 bits per heavy atom. The average Bonchev–Trinajstić information content (AvgIpc) is 2.81. The van der Waals surface area contributed by atoms with Crippen molar-refractivity contribution in [2.24, 2.45) is 0 Å². The molecule has 1 heterocycles. The second-order valence-corrected chi connectivity index (χ2v) is 7.04. The zero-order valence-electron chi connectivity index (χ0n) is 16.4. The Hall–Kier alpha value is -4.25. The van der Waals surface area contributed by atoms with Gasteiger partial charge in [0.15, 0.2) is 0 Å². The molecule has 0 unspecified atom stereocenters. The summed E-state index contributed by atoms with van der Waals surface area (Å²) in [5, 5.41) is 9.41. The highest BCUT2D eigenvalue weighted by molar-refractivity contribution is 5.86. The molecule has 0 aliphatic rings. The van der Waals surface area contributed by atoms with Crippen LogP contribution in [0, 0.1) is 5.82 Å². The van der Waals surface area contributed by atoms with Gasteiger partial charge in [0.2, 0.25) is 0 Å². The van der Waals surface area contributed by atoms with Crippen LogP contribution in [0.2, 0.25) is 0 Å². The Morgan fingerprint density at radius 3 is 1.55 bits per heavy atom. The number of phenolic OH excluding ortho intramolecular Hbond substituents is 1. The lowest BCUT2D eigenvalue weighted by Gasteiger charge is -2.11. The largest absolute Gasteiger partial charge is 0.508 e. The van der Waals surface area contributed by atoms with Gasteiger partial charge in [0.05, 0.1) is 22.4 Å². The van der Waals surface area contributed by atoms with Crippen molar-refractivity contribution >= 4 is 11.0 Å². The number of phenols is 1. The van der Waals surface area contributed by atoms with E-state index in [1.54, 1.807) is 36.4 Å². The standard InChI is InChI=1S/C26H17FN2O2/c27-19-9-5-17(6-10-19)25-26(29-24-4-2-1-3-23(24)28-25)18-7-13-21(14-8-18)31-22-15-11-20(30)12-16-22/h1-16,30H. The molecule has 0 bridgehead atoms. The van der Waals surface area contributed by atoms with E-state index in [1.807, 2.05) is 48.5 Å². The molecule has 0 saturated carbocycles. The lowest BCUT2D eigenvalue weighted by molar-refractivity contribution is 0.464. The molecule has 0 amide bonds. The van der Waals surface area contributed by atoms with Crippen LogP contribution >= 0.6 is 0 Å². The summed E-state index contributed by atoms with van der Waals surface area (Å²) in [6.45, 7) is 0. The first-order chi connectivity index (χ1) is 15.2. The molecule has 5 aromatic rings. The Morgan fingerprint density at radius 1 is 0.581 bits per heavy atom. The van der Waals surface area contributed by atoms with E-state index in [0.29, 0.717) is 22.9 Å². The summed E-state index contributed by atoms with van der Waals surface area (Å²) < 4.78 is 19.3. The molecule has 0 fully saturated rings. The molecule has 5 rings (SSSR count). The van der Waals surface area contributed by atoms with Gasteiger partial charge in [0, 0.05) is 11.1 Å². The van der Waals surface area contributed by atoms with Crippen LogP contribution in [0.3, 0.4) is 0 Å². The summed E-state index contributed by atoms with van der Waals surface area (Å²) in [6, 6.07) is 28.0. The molecule has 0 saturated heterocycles. The minimum absolute atomic E-state index is 0.186. The van der Waals surface area contributed by atoms with E-state index in [1.165, 1.54) is 12.1 Å². The molecule has 0 aliphatic heterocycles. The van der Waals surface area contributed by atoms with Gasteiger partial charge >= 0.3 is 0 Å². The van der Waals surface area contributed by atoms with Gasteiger partial charge in [-0.05, 0) is 84.9 Å². The molecular weight excluding hydrogens is 391 g/mol. The first-order valence-electron chi connectivity index (χ1n) is 9.76. The second kappa shape index (κ2) is 7.88. The first kappa shape index (κ1) is 18.8. The molecular formula is C26H17FN2O2. The van der Waals surface area contributed by atoms with Crippen LogP contribution in [-0.4, -0.2) is 15.1 Å². The van der Waals surface area contributed by atoms with Crippen molar-refractivity contribution in [3.05, 3.63) is 103 Å². The highest BCUT2D eigenvalue weighted by Crippen LogP contribution is 2.33. The number of fused-ring (bicyclic) bond motifs is 1. The Bertz CT molecular complexity index is 1350. The van der Waals surface area contributed by atoms with Gasteiger partial charge in [-0.1, -0.05) is 12.1 Å². The van der Waals surface area contributed by atoms with Crippen molar-refractivity contribution in [3.63, 3.8) is 0 Å². The monoisotopic (exact) mass is 408 g/mol. The molecule has 0 atom stereocenters.